The number of ketones is 1. The normalized spacial score (nSPS) is 11.2. The molecule has 0 radical (unpaired) electrons. The van der Waals surface area contributed by atoms with Crippen LogP contribution in [0.1, 0.15) is 28.1 Å². The van der Waals surface area contributed by atoms with Gasteiger partial charge in [-0.25, -0.2) is 0 Å². The van der Waals surface area contributed by atoms with E-state index in [1.165, 1.54) is 0 Å². The highest BCUT2D eigenvalue weighted by molar-refractivity contribution is 7.80. The second-order valence-corrected chi connectivity index (χ2v) is 6.23. The molecule has 3 nitrogen and oxygen atoms in total. The second kappa shape index (κ2) is 8.92. The van der Waals surface area contributed by atoms with Crippen molar-refractivity contribution in [1.82, 2.24) is 5.32 Å². The molecule has 2 aromatic carbocycles. The van der Waals surface area contributed by atoms with E-state index in [9.17, 15) is 4.79 Å². The van der Waals surface area contributed by atoms with E-state index in [-0.39, 0.29) is 12.2 Å². The summed E-state index contributed by atoms with van der Waals surface area (Å²) in [5, 5.41) is 3.24. The molecular formula is C22H19NO2S. The Bertz CT molecular complexity index is 884. The van der Waals surface area contributed by atoms with Crippen LogP contribution in [-0.2, 0) is 6.54 Å². The van der Waals surface area contributed by atoms with E-state index in [0.717, 1.165) is 11.1 Å². The predicted octanol–water partition coefficient (Wildman–Crippen LogP) is 5.05. The van der Waals surface area contributed by atoms with Crippen molar-refractivity contribution in [3.05, 3.63) is 102 Å². The number of benzene rings is 2. The summed E-state index contributed by atoms with van der Waals surface area (Å²) in [6.45, 7) is 0.606. The minimum absolute atomic E-state index is 0.0206. The highest BCUT2D eigenvalue weighted by Gasteiger charge is 2.13. The quantitative estimate of drug-likeness (QED) is 0.363. The standard InChI is InChI=1S/C22H19NO2S/c24-21(18-10-5-2-6-11-18)15-19(14-20-12-7-13-25-20)22(26)23-16-17-8-3-1-4-9-17/h1-14H,15-16H2,(H,23,26)/b19-14-. The number of Topliss-reactive ketones (excluding diaryl/α,β-unsaturated/α-hetero) is 1. The van der Waals surface area contributed by atoms with Gasteiger partial charge in [-0.05, 0) is 29.3 Å². The van der Waals surface area contributed by atoms with E-state index in [1.54, 1.807) is 6.26 Å². The fourth-order valence-corrected chi connectivity index (χ4v) is 2.74. The Morgan fingerprint density at radius 3 is 2.31 bits per heavy atom. The summed E-state index contributed by atoms with van der Waals surface area (Å²) in [5.41, 5.74) is 2.53. The molecule has 26 heavy (non-hydrogen) atoms. The summed E-state index contributed by atoms with van der Waals surface area (Å²) in [5.74, 6) is 0.692. The summed E-state index contributed by atoms with van der Waals surface area (Å²) in [4.78, 5) is 13.2. The van der Waals surface area contributed by atoms with Crippen LogP contribution in [0.15, 0.2) is 89.0 Å². The molecule has 4 heteroatoms. The molecule has 0 amide bonds. The Labute approximate surface area is 158 Å². The third-order valence-electron chi connectivity index (χ3n) is 3.89. The third-order valence-corrected chi connectivity index (χ3v) is 4.30. The molecule has 0 aliphatic rings. The Morgan fingerprint density at radius 2 is 1.65 bits per heavy atom. The van der Waals surface area contributed by atoms with Crippen molar-refractivity contribution in [2.45, 2.75) is 13.0 Å². The van der Waals surface area contributed by atoms with Gasteiger partial charge in [0.25, 0.3) is 0 Å². The zero-order valence-electron chi connectivity index (χ0n) is 14.2. The number of thiocarbonyl (C=S) groups is 1. The topological polar surface area (TPSA) is 42.2 Å². The molecule has 0 fully saturated rings. The van der Waals surface area contributed by atoms with Gasteiger partial charge < -0.3 is 9.73 Å². The maximum atomic E-state index is 12.6. The van der Waals surface area contributed by atoms with Crippen LogP contribution in [0, 0.1) is 0 Å². The first-order valence-corrected chi connectivity index (χ1v) is 8.77. The van der Waals surface area contributed by atoms with Crippen LogP contribution >= 0.6 is 12.2 Å². The van der Waals surface area contributed by atoms with Gasteiger partial charge in [-0.15, -0.1) is 0 Å². The molecular weight excluding hydrogens is 342 g/mol. The van der Waals surface area contributed by atoms with Gasteiger partial charge in [0, 0.05) is 18.5 Å². The molecule has 0 saturated carbocycles. The van der Waals surface area contributed by atoms with E-state index in [4.69, 9.17) is 16.6 Å². The summed E-state index contributed by atoms with van der Waals surface area (Å²) >= 11 is 5.54. The van der Waals surface area contributed by atoms with Crippen LogP contribution in [0.2, 0.25) is 0 Å². The third kappa shape index (κ3) is 5.01. The molecule has 0 unspecified atom stereocenters. The minimum atomic E-state index is 0.0206. The van der Waals surface area contributed by atoms with Gasteiger partial charge >= 0.3 is 0 Å². The van der Waals surface area contributed by atoms with Gasteiger partial charge in [0.2, 0.25) is 0 Å². The van der Waals surface area contributed by atoms with Crippen molar-refractivity contribution >= 4 is 29.1 Å². The summed E-state index contributed by atoms with van der Waals surface area (Å²) in [6, 6.07) is 22.9. The van der Waals surface area contributed by atoms with E-state index in [1.807, 2.05) is 78.9 Å². The van der Waals surface area contributed by atoms with Gasteiger partial charge in [-0.3, -0.25) is 4.79 Å². The number of hydrogen-bond donors (Lipinski definition) is 1. The molecule has 130 valence electrons. The molecule has 1 aromatic heterocycles. The Morgan fingerprint density at radius 1 is 0.962 bits per heavy atom. The molecule has 1 heterocycles. The molecule has 0 atom stereocenters. The average molecular weight is 361 g/mol. The fraction of sp³-hybridized carbons (Fsp3) is 0.0909. The first-order valence-electron chi connectivity index (χ1n) is 8.37. The zero-order valence-corrected chi connectivity index (χ0v) is 15.0. The lowest BCUT2D eigenvalue weighted by Gasteiger charge is -2.12. The Kier molecular flexibility index (Phi) is 6.12. The predicted molar refractivity (Wildman–Crippen MR) is 108 cm³/mol. The molecule has 0 aliphatic carbocycles. The lowest BCUT2D eigenvalue weighted by molar-refractivity contribution is 0.0994. The van der Waals surface area contributed by atoms with Crippen molar-refractivity contribution in [2.75, 3.05) is 0 Å². The largest absolute Gasteiger partial charge is 0.465 e. The molecule has 3 aromatic rings. The van der Waals surface area contributed by atoms with Crippen molar-refractivity contribution in [3.63, 3.8) is 0 Å². The van der Waals surface area contributed by atoms with Gasteiger partial charge in [-0.1, -0.05) is 72.9 Å². The zero-order chi connectivity index (χ0) is 18.2. The van der Waals surface area contributed by atoms with E-state index < -0.39 is 0 Å². The maximum absolute atomic E-state index is 12.6. The lowest BCUT2D eigenvalue weighted by Crippen LogP contribution is -2.24. The Hall–Kier alpha value is -2.98. The van der Waals surface area contributed by atoms with Crippen molar-refractivity contribution in [1.29, 1.82) is 0 Å². The maximum Gasteiger partial charge on any atom is 0.167 e. The summed E-state index contributed by atoms with van der Waals surface area (Å²) in [6.07, 6.45) is 3.63. The molecule has 0 spiro atoms. The SMILES string of the molecule is O=C(C/C(=C/c1ccco1)C(=S)NCc1ccccc1)c1ccccc1. The molecule has 0 bridgehead atoms. The molecule has 0 aliphatic heterocycles. The van der Waals surface area contributed by atoms with E-state index in [0.29, 0.717) is 22.9 Å². The van der Waals surface area contributed by atoms with Gasteiger partial charge in [-0.2, -0.15) is 0 Å². The summed E-state index contributed by atoms with van der Waals surface area (Å²) < 4.78 is 5.39. The Balaban J connectivity index is 1.75. The highest BCUT2D eigenvalue weighted by Crippen LogP contribution is 2.16. The molecule has 3 rings (SSSR count). The number of nitrogens with one attached hydrogen (secondary N) is 1. The van der Waals surface area contributed by atoms with Crippen molar-refractivity contribution in [3.8, 4) is 0 Å². The fourth-order valence-electron chi connectivity index (χ4n) is 2.53. The molecule has 1 N–H and O–H groups in total. The smallest absolute Gasteiger partial charge is 0.167 e. The first kappa shape index (κ1) is 17.8. The van der Waals surface area contributed by atoms with Crippen LogP contribution in [0.3, 0.4) is 0 Å². The number of furan rings is 1. The van der Waals surface area contributed by atoms with Gasteiger partial charge in [0.1, 0.15) is 10.7 Å². The average Bonchev–Trinajstić information content (AvgIpc) is 3.20. The number of hydrogen-bond acceptors (Lipinski definition) is 3. The first-order chi connectivity index (χ1) is 12.7. The number of carbonyl (C=O) groups excluding carboxylic acids is 1. The minimum Gasteiger partial charge on any atom is -0.465 e. The highest BCUT2D eigenvalue weighted by atomic mass is 32.1. The number of rotatable bonds is 7. The van der Waals surface area contributed by atoms with E-state index >= 15 is 0 Å². The number of carbonyl (C=O) groups is 1. The monoisotopic (exact) mass is 361 g/mol. The van der Waals surface area contributed by atoms with Gasteiger partial charge in [0.15, 0.2) is 5.78 Å². The summed E-state index contributed by atoms with van der Waals surface area (Å²) in [7, 11) is 0. The van der Waals surface area contributed by atoms with Crippen LogP contribution in [0.25, 0.3) is 6.08 Å². The van der Waals surface area contributed by atoms with Crippen LogP contribution < -0.4 is 5.32 Å². The van der Waals surface area contributed by atoms with Crippen LogP contribution in [0.5, 0.6) is 0 Å². The van der Waals surface area contributed by atoms with Gasteiger partial charge in [0.05, 0.1) is 6.26 Å². The van der Waals surface area contributed by atoms with Crippen molar-refractivity contribution < 1.29 is 9.21 Å². The van der Waals surface area contributed by atoms with E-state index in [2.05, 4.69) is 5.32 Å². The van der Waals surface area contributed by atoms with Crippen molar-refractivity contribution in [2.24, 2.45) is 0 Å². The second-order valence-electron chi connectivity index (χ2n) is 5.82. The molecule has 0 saturated heterocycles. The van der Waals surface area contributed by atoms with Crippen LogP contribution in [0.4, 0.5) is 0 Å². The lowest BCUT2D eigenvalue weighted by atomic mass is 10.0. The van der Waals surface area contributed by atoms with Crippen LogP contribution in [-0.4, -0.2) is 10.8 Å².